The molecule has 1 N–H and O–H groups in total. The van der Waals surface area contributed by atoms with E-state index in [1.807, 2.05) is 66.5 Å². The molecule has 0 aliphatic heterocycles. The van der Waals surface area contributed by atoms with Gasteiger partial charge in [0.05, 0.1) is 5.56 Å². The molecule has 0 aliphatic carbocycles. The lowest BCUT2D eigenvalue weighted by molar-refractivity contribution is 0.0987. The van der Waals surface area contributed by atoms with Crippen LogP contribution in [0, 0.1) is 0 Å². The number of hydrogen-bond acceptors (Lipinski definition) is 2. The van der Waals surface area contributed by atoms with Gasteiger partial charge >= 0.3 is 0 Å². The maximum atomic E-state index is 12.9. The molecule has 3 heteroatoms. The summed E-state index contributed by atoms with van der Waals surface area (Å²) in [5.74, 6) is 0.0413. The molecule has 3 nitrogen and oxygen atoms in total. The molecule has 0 aliphatic rings. The summed E-state index contributed by atoms with van der Waals surface area (Å²) < 4.78 is 0. The summed E-state index contributed by atoms with van der Waals surface area (Å²) in [6, 6.07) is 17.5. The Balaban J connectivity index is 2.34. The topological polar surface area (TPSA) is 32.3 Å². The summed E-state index contributed by atoms with van der Waals surface area (Å²) in [6.07, 6.45) is 2.05. The van der Waals surface area contributed by atoms with Crippen LogP contribution in [-0.4, -0.2) is 19.5 Å². The fraction of sp³-hybridized carbons (Fsp3) is 0.278. The Labute approximate surface area is 126 Å². The van der Waals surface area contributed by atoms with Gasteiger partial charge in [-0.2, -0.15) is 0 Å². The molecular weight excluding hydrogens is 260 g/mol. The monoisotopic (exact) mass is 282 g/mol. The zero-order valence-electron chi connectivity index (χ0n) is 12.7. The molecule has 0 atom stereocenters. The van der Waals surface area contributed by atoms with Crippen LogP contribution in [0.4, 0.5) is 11.4 Å². The largest absolute Gasteiger partial charge is 0.387 e. The molecule has 0 radical (unpaired) electrons. The maximum absolute atomic E-state index is 12.9. The molecule has 2 rings (SSSR count). The van der Waals surface area contributed by atoms with Crippen molar-refractivity contribution in [2.45, 2.75) is 19.8 Å². The van der Waals surface area contributed by atoms with Crippen molar-refractivity contribution in [2.75, 3.05) is 23.8 Å². The molecule has 21 heavy (non-hydrogen) atoms. The molecule has 2 aromatic rings. The van der Waals surface area contributed by atoms with Gasteiger partial charge in [0.2, 0.25) is 0 Å². The third-order valence-corrected chi connectivity index (χ3v) is 3.48. The van der Waals surface area contributed by atoms with Gasteiger partial charge in [-0.1, -0.05) is 43.7 Å². The molecule has 0 fully saturated rings. The van der Waals surface area contributed by atoms with Gasteiger partial charge in [-0.3, -0.25) is 4.79 Å². The summed E-state index contributed by atoms with van der Waals surface area (Å²) >= 11 is 0. The molecule has 0 unspecified atom stereocenters. The number of carbonyl (C=O) groups is 1. The molecule has 0 heterocycles. The van der Waals surface area contributed by atoms with Crippen molar-refractivity contribution >= 4 is 17.3 Å². The van der Waals surface area contributed by atoms with Gasteiger partial charge < -0.3 is 10.2 Å². The Kier molecular flexibility index (Phi) is 5.38. The average Bonchev–Trinajstić information content (AvgIpc) is 2.56. The molecule has 0 aromatic heterocycles. The lowest BCUT2D eigenvalue weighted by Crippen LogP contribution is -2.32. The normalized spacial score (nSPS) is 10.2. The Morgan fingerprint density at radius 1 is 1.05 bits per heavy atom. The fourth-order valence-electron chi connectivity index (χ4n) is 2.31. The molecule has 0 saturated carbocycles. The predicted octanol–water partition coefficient (Wildman–Crippen LogP) is 4.18. The highest BCUT2D eigenvalue weighted by atomic mass is 16.2. The zero-order chi connectivity index (χ0) is 15.1. The van der Waals surface area contributed by atoms with E-state index >= 15 is 0 Å². The molecule has 110 valence electrons. The number of nitrogens with one attached hydrogen (secondary N) is 1. The van der Waals surface area contributed by atoms with Crippen LogP contribution in [0.25, 0.3) is 0 Å². The number of amides is 1. The number of carbonyl (C=O) groups excluding carboxylic acids is 1. The van der Waals surface area contributed by atoms with Gasteiger partial charge in [0.25, 0.3) is 5.91 Å². The minimum atomic E-state index is 0.0413. The van der Waals surface area contributed by atoms with Crippen LogP contribution in [0.15, 0.2) is 54.6 Å². The first-order chi connectivity index (χ1) is 10.3. The van der Waals surface area contributed by atoms with Gasteiger partial charge in [-0.15, -0.1) is 0 Å². The SMILES string of the molecule is CCCCN(C(=O)c1ccccc1NC)c1ccccc1. The number of para-hydroxylation sites is 2. The Bertz CT molecular complexity index is 581. The molecule has 2 aromatic carbocycles. The number of rotatable bonds is 6. The van der Waals surface area contributed by atoms with Crippen LogP contribution >= 0.6 is 0 Å². The lowest BCUT2D eigenvalue weighted by Gasteiger charge is -2.24. The first kappa shape index (κ1) is 15.1. The lowest BCUT2D eigenvalue weighted by atomic mass is 10.1. The second-order valence-electron chi connectivity index (χ2n) is 4.94. The summed E-state index contributed by atoms with van der Waals surface area (Å²) in [5.41, 5.74) is 2.52. The highest BCUT2D eigenvalue weighted by Gasteiger charge is 2.19. The molecule has 0 saturated heterocycles. The summed E-state index contributed by atoms with van der Waals surface area (Å²) in [6.45, 7) is 2.87. The van der Waals surface area contributed by atoms with Crippen molar-refractivity contribution in [3.8, 4) is 0 Å². The average molecular weight is 282 g/mol. The van der Waals surface area contributed by atoms with Crippen LogP contribution < -0.4 is 10.2 Å². The van der Waals surface area contributed by atoms with Gasteiger partial charge in [0.1, 0.15) is 0 Å². The molecule has 1 amide bonds. The van der Waals surface area contributed by atoms with E-state index in [1.165, 1.54) is 0 Å². The van der Waals surface area contributed by atoms with Crippen LogP contribution in [0.1, 0.15) is 30.1 Å². The van der Waals surface area contributed by atoms with E-state index in [9.17, 15) is 4.79 Å². The van der Waals surface area contributed by atoms with Gasteiger partial charge in [0.15, 0.2) is 0 Å². The minimum Gasteiger partial charge on any atom is -0.387 e. The van der Waals surface area contributed by atoms with Crippen molar-refractivity contribution in [2.24, 2.45) is 0 Å². The van der Waals surface area contributed by atoms with E-state index in [4.69, 9.17) is 0 Å². The second kappa shape index (κ2) is 7.48. The molecule has 0 bridgehead atoms. The predicted molar refractivity (Wildman–Crippen MR) is 89.0 cm³/mol. The zero-order valence-corrected chi connectivity index (χ0v) is 12.7. The number of nitrogens with zero attached hydrogens (tertiary/aromatic N) is 1. The number of benzene rings is 2. The van der Waals surface area contributed by atoms with Crippen LogP contribution in [-0.2, 0) is 0 Å². The van der Waals surface area contributed by atoms with Crippen molar-refractivity contribution in [1.29, 1.82) is 0 Å². The van der Waals surface area contributed by atoms with E-state index < -0.39 is 0 Å². The van der Waals surface area contributed by atoms with Gasteiger partial charge in [0, 0.05) is 25.0 Å². The second-order valence-corrected chi connectivity index (χ2v) is 4.94. The van der Waals surface area contributed by atoms with Crippen molar-refractivity contribution in [3.63, 3.8) is 0 Å². The third-order valence-electron chi connectivity index (χ3n) is 3.48. The highest BCUT2D eigenvalue weighted by Crippen LogP contribution is 2.22. The number of anilines is 2. The van der Waals surface area contributed by atoms with Crippen molar-refractivity contribution in [1.82, 2.24) is 0 Å². The molecule has 0 spiro atoms. The highest BCUT2D eigenvalue weighted by molar-refractivity contribution is 6.09. The summed E-state index contributed by atoms with van der Waals surface area (Å²) in [4.78, 5) is 14.8. The number of unbranched alkanes of at least 4 members (excludes halogenated alkanes) is 1. The van der Waals surface area contributed by atoms with Crippen LogP contribution in [0.2, 0.25) is 0 Å². The summed E-state index contributed by atoms with van der Waals surface area (Å²) in [7, 11) is 1.84. The smallest absolute Gasteiger partial charge is 0.260 e. The summed E-state index contributed by atoms with van der Waals surface area (Å²) in [5, 5.41) is 3.09. The minimum absolute atomic E-state index is 0.0413. The quantitative estimate of drug-likeness (QED) is 0.862. The Hall–Kier alpha value is -2.29. The Morgan fingerprint density at radius 2 is 1.71 bits per heavy atom. The van der Waals surface area contributed by atoms with Crippen LogP contribution in [0.3, 0.4) is 0 Å². The first-order valence-electron chi connectivity index (χ1n) is 7.41. The van der Waals surface area contributed by atoms with E-state index in [2.05, 4.69) is 12.2 Å². The van der Waals surface area contributed by atoms with E-state index in [-0.39, 0.29) is 5.91 Å². The standard InChI is InChI=1S/C18H22N2O/c1-3-4-14-20(15-10-6-5-7-11-15)18(21)16-12-8-9-13-17(16)19-2/h5-13,19H,3-4,14H2,1-2H3. The van der Waals surface area contributed by atoms with E-state index in [0.29, 0.717) is 5.56 Å². The fourth-order valence-corrected chi connectivity index (χ4v) is 2.31. The van der Waals surface area contributed by atoms with Gasteiger partial charge in [-0.05, 0) is 30.7 Å². The Morgan fingerprint density at radius 3 is 2.38 bits per heavy atom. The third kappa shape index (κ3) is 3.63. The van der Waals surface area contributed by atoms with E-state index in [1.54, 1.807) is 0 Å². The van der Waals surface area contributed by atoms with Crippen molar-refractivity contribution in [3.05, 3.63) is 60.2 Å². The van der Waals surface area contributed by atoms with E-state index in [0.717, 1.165) is 30.8 Å². The van der Waals surface area contributed by atoms with Crippen molar-refractivity contribution < 1.29 is 4.79 Å². The van der Waals surface area contributed by atoms with Crippen LogP contribution in [0.5, 0.6) is 0 Å². The first-order valence-corrected chi connectivity index (χ1v) is 7.41. The van der Waals surface area contributed by atoms with Gasteiger partial charge in [-0.25, -0.2) is 0 Å². The number of hydrogen-bond donors (Lipinski definition) is 1. The maximum Gasteiger partial charge on any atom is 0.260 e. The molecular formula is C18H22N2O.